The summed E-state index contributed by atoms with van der Waals surface area (Å²) in [5, 5.41) is 3.50. The summed E-state index contributed by atoms with van der Waals surface area (Å²) < 4.78 is 0. The number of pyridine rings is 1. The van der Waals surface area contributed by atoms with Crippen molar-refractivity contribution in [3.05, 3.63) is 30.1 Å². The first-order valence-corrected chi connectivity index (χ1v) is 6.72. The van der Waals surface area contributed by atoms with E-state index in [0.29, 0.717) is 17.4 Å². The van der Waals surface area contributed by atoms with Gasteiger partial charge in [0.05, 0.1) is 0 Å². The highest BCUT2D eigenvalue weighted by molar-refractivity contribution is 5.16. The zero-order valence-electron chi connectivity index (χ0n) is 11.2. The largest absolute Gasteiger partial charge is 0.313 e. The number of aromatic nitrogens is 1. The minimum atomic E-state index is 0.432. The Morgan fingerprint density at radius 2 is 2.24 bits per heavy atom. The quantitative estimate of drug-likeness (QED) is 0.862. The molecule has 1 aliphatic rings. The van der Waals surface area contributed by atoms with Gasteiger partial charge in [-0.15, -0.1) is 0 Å². The molecule has 17 heavy (non-hydrogen) atoms. The summed E-state index contributed by atoms with van der Waals surface area (Å²) in [6, 6.07) is 4.67. The molecule has 2 nitrogen and oxygen atoms in total. The minimum Gasteiger partial charge on any atom is -0.313 e. The maximum atomic E-state index is 4.26. The summed E-state index contributed by atoms with van der Waals surface area (Å²) in [4.78, 5) is 4.26. The molecule has 1 saturated carbocycles. The first-order valence-electron chi connectivity index (χ1n) is 6.72. The number of nitrogens with one attached hydrogen (secondary N) is 1. The molecule has 1 aliphatic carbocycles. The van der Waals surface area contributed by atoms with Crippen molar-refractivity contribution in [1.82, 2.24) is 10.3 Å². The number of hydrogen-bond acceptors (Lipinski definition) is 2. The molecule has 0 radical (unpaired) electrons. The van der Waals surface area contributed by atoms with Crippen LogP contribution < -0.4 is 5.32 Å². The Hall–Kier alpha value is -0.890. The van der Waals surface area contributed by atoms with E-state index in [2.05, 4.69) is 37.3 Å². The van der Waals surface area contributed by atoms with Crippen molar-refractivity contribution in [3.8, 4) is 0 Å². The second kappa shape index (κ2) is 5.18. The SMILES string of the molecule is CNC(c1cccnc1)C1CCCCC1(C)C. The second-order valence-electron chi connectivity index (χ2n) is 5.89. The molecule has 0 aromatic carbocycles. The summed E-state index contributed by atoms with van der Waals surface area (Å²) in [6.45, 7) is 4.83. The van der Waals surface area contributed by atoms with Crippen LogP contribution in [-0.2, 0) is 0 Å². The lowest BCUT2D eigenvalue weighted by molar-refractivity contribution is 0.101. The van der Waals surface area contributed by atoms with Crippen LogP contribution in [-0.4, -0.2) is 12.0 Å². The molecule has 1 aromatic rings. The number of nitrogens with zero attached hydrogens (tertiary/aromatic N) is 1. The van der Waals surface area contributed by atoms with Crippen molar-refractivity contribution in [2.45, 2.75) is 45.6 Å². The third kappa shape index (κ3) is 2.68. The van der Waals surface area contributed by atoms with Gasteiger partial charge in [-0.25, -0.2) is 0 Å². The van der Waals surface area contributed by atoms with Crippen LogP contribution in [0.15, 0.2) is 24.5 Å². The molecule has 1 fully saturated rings. The fourth-order valence-corrected chi connectivity index (χ4v) is 3.30. The van der Waals surface area contributed by atoms with Crippen molar-refractivity contribution in [2.75, 3.05) is 7.05 Å². The van der Waals surface area contributed by atoms with Crippen LogP contribution in [0.5, 0.6) is 0 Å². The first kappa shape index (κ1) is 12.6. The predicted molar refractivity (Wildman–Crippen MR) is 71.8 cm³/mol. The second-order valence-corrected chi connectivity index (χ2v) is 5.89. The van der Waals surface area contributed by atoms with Gasteiger partial charge in [-0.3, -0.25) is 4.98 Å². The molecule has 0 bridgehead atoms. The molecule has 0 amide bonds. The van der Waals surface area contributed by atoms with E-state index in [1.807, 2.05) is 18.5 Å². The van der Waals surface area contributed by atoms with E-state index in [1.165, 1.54) is 31.2 Å². The lowest BCUT2D eigenvalue weighted by Gasteiger charge is -2.43. The summed E-state index contributed by atoms with van der Waals surface area (Å²) in [7, 11) is 2.07. The highest BCUT2D eigenvalue weighted by Crippen LogP contribution is 2.46. The van der Waals surface area contributed by atoms with Gasteiger partial charge in [-0.05, 0) is 42.9 Å². The molecular formula is C15H24N2. The van der Waals surface area contributed by atoms with Gasteiger partial charge in [0, 0.05) is 18.4 Å². The Kier molecular flexibility index (Phi) is 3.82. The third-order valence-corrected chi connectivity index (χ3v) is 4.35. The van der Waals surface area contributed by atoms with Crippen molar-refractivity contribution in [1.29, 1.82) is 0 Å². The molecule has 2 atom stereocenters. The molecule has 0 aliphatic heterocycles. The molecule has 94 valence electrons. The maximum absolute atomic E-state index is 4.26. The fourth-order valence-electron chi connectivity index (χ4n) is 3.30. The molecule has 2 rings (SSSR count). The van der Waals surface area contributed by atoms with E-state index in [4.69, 9.17) is 0 Å². The van der Waals surface area contributed by atoms with Crippen LogP contribution in [0, 0.1) is 11.3 Å². The van der Waals surface area contributed by atoms with E-state index in [-0.39, 0.29) is 0 Å². The molecule has 2 unspecified atom stereocenters. The normalized spacial score (nSPS) is 25.5. The lowest BCUT2D eigenvalue weighted by Crippen LogP contribution is -2.37. The topological polar surface area (TPSA) is 24.9 Å². The lowest BCUT2D eigenvalue weighted by atomic mass is 9.65. The predicted octanol–water partition coefficient (Wildman–Crippen LogP) is 3.56. The van der Waals surface area contributed by atoms with Crippen LogP contribution in [0.25, 0.3) is 0 Å². The Labute approximate surface area is 105 Å². The summed E-state index contributed by atoms with van der Waals surface area (Å²) in [6.07, 6.45) is 9.27. The molecule has 0 spiro atoms. The van der Waals surface area contributed by atoms with Gasteiger partial charge in [0.2, 0.25) is 0 Å². The highest BCUT2D eigenvalue weighted by atomic mass is 14.9. The van der Waals surface area contributed by atoms with Gasteiger partial charge in [0.1, 0.15) is 0 Å². The smallest absolute Gasteiger partial charge is 0.0366 e. The van der Waals surface area contributed by atoms with E-state index in [9.17, 15) is 0 Å². The van der Waals surface area contributed by atoms with Crippen LogP contribution in [0.3, 0.4) is 0 Å². The van der Waals surface area contributed by atoms with Gasteiger partial charge in [-0.1, -0.05) is 32.8 Å². The Balaban J connectivity index is 2.23. The maximum Gasteiger partial charge on any atom is 0.0366 e. The fraction of sp³-hybridized carbons (Fsp3) is 0.667. The highest BCUT2D eigenvalue weighted by Gasteiger charge is 2.37. The van der Waals surface area contributed by atoms with Crippen molar-refractivity contribution in [3.63, 3.8) is 0 Å². The summed E-state index contributed by atoms with van der Waals surface area (Å²) >= 11 is 0. The van der Waals surface area contributed by atoms with E-state index in [1.54, 1.807) is 0 Å². The van der Waals surface area contributed by atoms with Crippen molar-refractivity contribution >= 4 is 0 Å². The zero-order chi connectivity index (χ0) is 12.3. The Bertz CT molecular complexity index is 345. The van der Waals surface area contributed by atoms with Crippen molar-refractivity contribution in [2.24, 2.45) is 11.3 Å². The van der Waals surface area contributed by atoms with E-state index >= 15 is 0 Å². The van der Waals surface area contributed by atoms with Crippen LogP contribution in [0.2, 0.25) is 0 Å². The molecule has 0 saturated heterocycles. The molecular weight excluding hydrogens is 208 g/mol. The molecule has 2 heteroatoms. The Morgan fingerprint density at radius 3 is 2.82 bits per heavy atom. The Morgan fingerprint density at radius 1 is 1.41 bits per heavy atom. The molecule has 1 heterocycles. The first-order chi connectivity index (χ1) is 8.15. The molecule has 1 aromatic heterocycles. The monoisotopic (exact) mass is 232 g/mol. The average Bonchev–Trinajstić information content (AvgIpc) is 2.33. The van der Waals surface area contributed by atoms with Crippen molar-refractivity contribution < 1.29 is 0 Å². The molecule has 1 N–H and O–H groups in total. The van der Waals surface area contributed by atoms with Gasteiger partial charge >= 0.3 is 0 Å². The van der Waals surface area contributed by atoms with Gasteiger partial charge in [0.25, 0.3) is 0 Å². The van der Waals surface area contributed by atoms with Crippen LogP contribution >= 0.6 is 0 Å². The van der Waals surface area contributed by atoms with E-state index < -0.39 is 0 Å². The number of rotatable bonds is 3. The van der Waals surface area contributed by atoms with E-state index in [0.717, 1.165) is 0 Å². The standard InChI is InChI=1S/C15H24N2/c1-15(2)9-5-4-8-13(15)14(16-3)12-7-6-10-17-11-12/h6-7,10-11,13-14,16H,4-5,8-9H2,1-3H3. The minimum absolute atomic E-state index is 0.432. The number of hydrogen-bond donors (Lipinski definition) is 1. The van der Waals surface area contributed by atoms with Gasteiger partial charge < -0.3 is 5.32 Å². The average molecular weight is 232 g/mol. The van der Waals surface area contributed by atoms with Gasteiger partial charge in [0.15, 0.2) is 0 Å². The van der Waals surface area contributed by atoms with Crippen LogP contribution in [0.1, 0.15) is 51.1 Å². The third-order valence-electron chi connectivity index (χ3n) is 4.35. The van der Waals surface area contributed by atoms with Crippen LogP contribution in [0.4, 0.5) is 0 Å². The summed E-state index contributed by atoms with van der Waals surface area (Å²) in [5.74, 6) is 0.713. The summed E-state index contributed by atoms with van der Waals surface area (Å²) in [5.41, 5.74) is 1.76. The zero-order valence-corrected chi connectivity index (χ0v) is 11.2. The van der Waals surface area contributed by atoms with Gasteiger partial charge in [-0.2, -0.15) is 0 Å².